The van der Waals surface area contributed by atoms with Crippen molar-refractivity contribution in [3.8, 4) is 0 Å². The van der Waals surface area contributed by atoms with Crippen LogP contribution in [0.2, 0.25) is 5.15 Å². The van der Waals surface area contributed by atoms with Gasteiger partial charge in [0, 0.05) is 5.56 Å². The van der Waals surface area contributed by atoms with Crippen LogP contribution in [0.25, 0.3) is 0 Å². The Bertz CT molecular complexity index is 269. The second-order valence-electron chi connectivity index (χ2n) is 1.78. The number of nitrogens with one attached hydrogen (secondary N) is 1. The Morgan fingerprint density at radius 2 is 2.30 bits per heavy atom. The Kier molecular flexibility index (Phi) is 1.97. The highest BCUT2D eigenvalue weighted by Crippen LogP contribution is 2.15. The first-order chi connectivity index (χ1) is 4.63. The zero-order chi connectivity index (χ0) is 7.72. The molecule has 10 heavy (non-hydrogen) atoms. The summed E-state index contributed by atoms with van der Waals surface area (Å²) in [7, 11) is 0. The molecule has 0 fully saturated rings. The maximum Gasteiger partial charge on any atom is 0.273 e. The van der Waals surface area contributed by atoms with Crippen LogP contribution in [0, 0.1) is 6.92 Å². The van der Waals surface area contributed by atoms with Crippen molar-refractivity contribution in [2.24, 2.45) is 0 Å². The number of carbonyl (C=O) groups is 1. The van der Waals surface area contributed by atoms with Gasteiger partial charge >= 0.3 is 0 Å². The van der Waals surface area contributed by atoms with Crippen molar-refractivity contribution in [3.05, 3.63) is 16.4 Å². The summed E-state index contributed by atoms with van der Waals surface area (Å²) in [5, 5.41) is 5.76. The number of carbonyl (C=O) groups excluding carboxylic acids is 1. The molecule has 0 saturated carbocycles. The zero-order valence-corrected chi connectivity index (χ0v) is 6.62. The molecule has 0 aliphatic carbocycles. The number of aromatic amines is 1. The molecule has 1 aromatic rings. The predicted octanol–water partition coefficient (Wildman–Crippen LogP) is 1.75. The molecule has 1 rings (SSSR count). The Labute approximate surface area is 67.3 Å². The Morgan fingerprint density at radius 3 is 2.50 bits per heavy atom. The van der Waals surface area contributed by atoms with Crippen molar-refractivity contribution in [1.82, 2.24) is 10.2 Å². The lowest BCUT2D eigenvalue weighted by Crippen LogP contribution is -1.90. The maximum absolute atomic E-state index is 10.5. The van der Waals surface area contributed by atoms with Crippen LogP contribution in [0.3, 0.4) is 0 Å². The van der Waals surface area contributed by atoms with E-state index in [1.807, 2.05) is 0 Å². The van der Waals surface area contributed by atoms with Gasteiger partial charge in [0.15, 0.2) is 0 Å². The normalized spacial score (nSPS) is 9.90. The number of aromatic nitrogens is 2. The summed E-state index contributed by atoms with van der Waals surface area (Å²) < 4.78 is 0. The number of nitrogens with zero attached hydrogens (tertiary/aromatic N) is 1. The minimum Gasteiger partial charge on any atom is -0.274 e. The predicted molar refractivity (Wildman–Crippen MR) is 38.5 cm³/mol. The molecule has 0 aromatic carbocycles. The van der Waals surface area contributed by atoms with Crippen LogP contribution in [-0.4, -0.2) is 15.4 Å². The highest BCUT2D eigenvalue weighted by atomic mass is 35.5. The minimum atomic E-state index is -0.597. The molecule has 3 nitrogen and oxygen atoms in total. The molecule has 0 unspecified atom stereocenters. The first kappa shape index (κ1) is 7.57. The summed E-state index contributed by atoms with van der Waals surface area (Å²) in [5.74, 6) is 0. The van der Waals surface area contributed by atoms with E-state index in [4.69, 9.17) is 23.2 Å². The van der Waals surface area contributed by atoms with Gasteiger partial charge in [-0.3, -0.25) is 9.89 Å². The van der Waals surface area contributed by atoms with E-state index < -0.39 is 5.24 Å². The number of hydrogen-bond acceptors (Lipinski definition) is 2. The summed E-state index contributed by atoms with van der Waals surface area (Å²) in [6.45, 7) is 1.67. The molecule has 0 aliphatic heterocycles. The van der Waals surface area contributed by atoms with Gasteiger partial charge in [-0.1, -0.05) is 11.6 Å². The third-order valence-electron chi connectivity index (χ3n) is 1.14. The van der Waals surface area contributed by atoms with Crippen molar-refractivity contribution in [2.45, 2.75) is 6.92 Å². The van der Waals surface area contributed by atoms with Gasteiger partial charge in [0.05, 0.1) is 0 Å². The minimum absolute atomic E-state index is 0.187. The van der Waals surface area contributed by atoms with Gasteiger partial charge < -0.3 is 0 Å². The molecule has 1 heterocycles. The molecule has 0 aliphatic rings. The molecule has 54 valence electrons. The van der Waals surface area contributed by atoms with E-state index in [2.05, 4.69) is 10.2 Å². The van der Waals surface area contributed by atoms with Crippen LogP contribution in [0.1, 0.15) is 16.1 Å². The van der Waals surface area contributed by atoms with E-state index in [0.29, 0.717) is 10.7 Å². The van der Waals surface area contributed by atoms with E-state index in [1.165, 1.54) is 0 Å². The van der Waals surface area contributed by atoms with Gasteiger partial charge in [0.1, 0.15) is 10.8 Å². The lowest BCUT2D eigenvalue weighted by molar-refractivity contribution is 0.107. The third-order valence-corrected chi connectivity index (χ3v) is 1.68. The molecule has 0 saturated heterocycles. The van der Waals surface area contributed by atoms with Gasteiger partial charge in [-0.05, 0) is 18.5 Å². The summed E-state index contributed by atoms with van der Waals surface area (Å²) in [4.78, 5) is 10.5. The van der Waals surface area contributed by atoms with Crippen LogP contribution in [0.5, 0.6) is 0 Å². The largest absolute Gasteiger partial charge is 0.274 e. The third kappa shape index (κ3) is 1.15. The van der Waals surface area contributed by atoms with Crippen molar-refractivity contribution in [2.75, 3.05) is 0 Å². The molecule has 0 radical (unpaired) electrons. The van der Waals surface area contributed by atoms with Crippen LogP contribution >= 0.6 is 23.2 Å². The van der Waals surface area contributed by atoms with E-state index >= 15 is 0 Å². The van der Waals surface area contributed by atoms with Crippen molar-refractivity contribution < 1.29 is 4.79 Å². The van der Waals surface area contributed by atoms with Crippen LogP contribution in [-0.2, 0) is 0 Å². The lowest BCUT2D eigenvalue weighted by atomic mass is 10.3. The first-order valence-corrected chi connectivity index (χ1v) is 3.29. The average molecular weight is 179 g/mol. The van der Waals surface area contributed by atoms with Crippen LogP contribution in [0.15, 0.2) is 0 Å². The average Bonchev–Trinajstić information content (AvgIpc) is 2.14. The summed E-state index contributed by atoms with van der Waals surface area (Å²) >= 11 is 10.7. The highest BCUT2D eigenvalue weighted by Gasteiger charge is 2.11. The summed E-state index contributed by atoms with van der Waals surface area (Å²) in [6, 6.07) is 0. The smallest absolute Gasteiger partial charge is 0.273 e. The first-order valence-electron chi connectivity index (χ1n) is 2.53. The van der Waals surface area contributed by atoms with Gasteiger partial charge in [0.25, 0.3) is 5.24 Å². The standard InChI is InChI=1S/C5H4Cl2N2O/c1-2-3(5(7)10)8-9-4(2)6/h1H3,(H,8,9). The quantitative estimate of drug-likeness (QED) is 0.667. The van der Waals surface area contributed by atoms with E-state index in [0.717, 1.165) is 0 Å². The number of H-pyrrole nitrogens is 1. The van der Waals surface area contributed by atoms with Crippen LogP contribution in [0.4, 0.5) is 0 Å². The van der Waals surface area contributed by atoms with Crippen LogP contribution < -0.4 is 0 Å². The van der Waals surface area contributed by atoms with E-state index in [1.54, 1.807) is 6.92 Å². The molecule has 0 atom stereocenters. The zero-order valence-electron chi connectivity index (χ0n) is 5.11. The molecular weight excluding hydrogens is 175 g/mol. The number of rotatable bonds is 1. The topological polar surface area (TPSA) is 45.8 Å². The van der Waals surface area contributed by atoms with Gasteiger partial charge in [-0.2, -0.15) is 5.10 Å². The molecule has 1 aromatic heterocycles. The van der Waals surface area contributed by atoms with Crippen molar-refractivity contribution in [1.29, 1.82) is 0 Å². The monoisotopic (exact) mass is 178 g/mol. The van der Waals surface area contributed by atoms with Crippen molar-refractivity contribution in [3.63, 3.8) is 0 Å². The summed E-state index contributed by atoms with van der Waals surface area (Å²) in [5.41, 5.74) is 0.772. The SMILES string of the molecule is Cc1c(C(=O)Cl)n[nH]c1Cl. The Balaban J connectivity index is 3.17. The molecule has 0 bridgehead atoms. The molecule has 0 spiro atoms. The van der Waals surface area contributed by atoms with Gasteiger partial charge in [0.2, 0.25) is 0 Å². The lowest BCUT2D eigenvalue weighted by Gasteiger charge is -1.85. The molecular formula is C5H4Cl2N2O. The van der Waals surface area contributed by atoms with E-state index in [9.17, 15) is 4.79 Å². The van der Waals surface area contributed by atoms with Crippen molar-refractivity contribution >= 4 is 28.4 Å². The molecule has 1 N–H and O–H groups in total. The van der Waals surface area contributed by atoms with Gasteiger partial charge in [-0.15, -0.1) is 0 Å². The fourth-order valence-corrected chi connectivity index (χ4v) is 0.884. The highest BCUT2D eigenvalue weighted by molar-refractivity contribution is 6.67. The fraction of sp³-hybridized carbons (Fsp3) is 0.200. The van der Waals surface area contributed by atoms with E-state index in [-0.39, 0.29) is 5.69 Å². The molecule has 5 heteroatoms. The Morgan fingerprint density at radius 1 is 1.70 bits per heavy atom. The second kappa shape index (κ2) is 2.60. The fourth-order valence-electron chi connectivity index (χ4n) is 0.568. The van der Waals surface area contributed by atoms with Gasteiger partial charge in [-0.25, -0.2) is 0 Å². The Hall–Kier alpha value is -0.540. The maximum atomic E-state index is 10.5. The number of halogens is 2. The number of hydrogen-bond donors (Lipinski definition) is 1. The summed E-state index contributed by atoms with van der Waals surface area (Å²) in [6.07, 6.45) is 0. The second-order valence-corrected chi connectivity index (χ2v) is 2.51. The molecule has 0 amide bonds.